The topological polar surface area (TPSA) is 84.5 Å². The second-order valence-corrected chi connectivity index (χ2v) is 5.38. The second-order valence-electron chi connectivity index (χ2n) is 4.11. The molecular weight excluding hydrogens is 280 g/mol. The highest BCUT2D eigenvalue weighted by molar-refractivity contribution is 7.82. The van der Waals surface area contributed by atoms with Crippen LogP contribution in [0.4, 0.5) is 0 Å². The smallest absolute Gasteiger partial charge is 0.328 e. The molecule has 110 valence electrons. The number of methoxy groups -OCH3 is 1. The number of benzene rings is 1. The number of ether oxygens (including phenoxy) is 1. The van der Waals surface area contributed by atoms with Crippen LogP contribution in [0.3, 0.4) is 0 Å². The van der Waals surface area contributed by atoms with Crippen molar-refractivity contribution >= 4 is 22.9 Å². The largest absolute Gasteiger partial charge is 0.467 e. The van der Waals surface area contributed by atoms with Gasteiger partial charge in [-0.1, -0.05) is 30.3 Å². The van der Waals surface area contributed by atoms with Gasteiger partial charge in [0.1, 0.15) is 6.04 Å². The lowest BCUT2D eigenvalue weighted by molar-refractivity contribution is -0.144. The summed E-state index contributed by atoms with van der Waals surface area (Å²) in [5.41, 5.74) is 0.918. The number of esters is 1. The third-order valence-corrected chi connectivity index (χ3v) is 3.53. The first-order valence-electron chi connectivity index (χ1n) is 6.06. The number of carbonyl (C=O) groups excluding carboxylic acids is 2. The first-order chi connectivity index (χ1) is 9.52. The highest BCUT2D eigenvalue weighted by atomic mass is 32.2. The van der Waals surface area contributed by atoms with Gasteiger partial charge in [-0.05, 0) is 12.5 Å². The van der Waals surface area contributed by atoms with Crippen molar-refractivity contribution in [2.24, 2.45) is 0 Å². The number of rotatable bonds is 7. The van der Waals surface area contributed by atoms with Crippen molar-refractivity contribution in [1.82, 2.24) is 10.0 Å². The van der Waals surface area contributed by atoms with Crippen molar-refractivity contribution < 1.29 is 18.5 Å². The summed E-state index contributed by atoms with van der Waals surface area (Å²) in [6.45, 7) is 1.39. The summed E-state index contributed by atoms with van der Waals surface area (Å²) in [6.07, 6.45) is 0. The summed E-state index contributed by atoms with van der Waals surface area (Å²) in [5.74, 6) is -0.617. The molecule has 20 heavy (non-hydrogen) atoms. The zero-order chi connectivity index (χ0) is 15.0. The molecule has 0 aliphatic carbocycles. The van der Waals surface area contributed by atoms with E-state index in [4.69, 9.17) is 0 Å². The van der Waals surface area contributed by atoms with Crippen LogP contribution in [0.5, 0.6) is 0 Å². The molecule has 1 rings (SSSR count). The Hall–Kier alpha value is -1.73. The highest BCUT2D eigenvalue weighted by Gasteiger charge is 2.15. The molecule has 0 saturated carbocycles. The normalized spacial score (nSPS) is 13.3. The van der Waals surface area contributed by atoms with Gasteiger partial charge >= 0.3 is 5.97 Å². The fraction of sp³-hybridized carbons (Fsp3) is 0.385. The molecule has 1 unspecified atom stereocenters. The summed E-state index contributed by atoms with van der Waals surface area (Å²) in [7, 11) is -0.0977. The van der Waals surface area contributed by atoms with E-state index in [0.717, 1.165) is 5.56 Å². The minimum atomic E-state index is -1.35. The number of nitrogens with one attached hydrogen (secondary N) is 2. The Balaban J connectivity index is 2.30. The molecular formula is C13H18N2O4S. The van der Waals surface area contributed by atoms with Gasteiger partial charge in [0.05, 0.1) is 30.4 Å². The second kappa shape index (κ2) is 8.44. The molecule has 0 aliphatic rings. The monoisotopic (exact) mass is 298 g/mol. The molecule has 0 spiro atoms. The van der Waals surface area contributed by atoms with Crippen LogP contribution in [-0.4, -0.2) is 35.8 Å². The average molecular weight is 298 g/mol. The van der Waals surface area contributed by atoms with E-state index in [1.165, 1.54) is 14.0 Å². The third-order valence-electron chi connectivity index (χ3n) is 2.47. The van der Waals surface area contributed by atoms with Gasteiger partial charge < -0.3 is 10.1 Å². The molecule has 0 saturated heterocycles. The van der Waals surface area contributed by atoms with Crippen LogP contribution in [0, 0.1) is 0 Å². The van der Waals surface area contributed by atoms with Crippen LogP contribution in [0.15, 0.2) is 30.3 Å². The van der Waals surface area contributed by atoms with E-state index >= 15 is 0 Å². The Morgan fingerprint density at radius 3 is 2.55 bits per heavy atom. The highest BCUT2D eigenvalue weighted by Crippen LogP contribution is 2.00. The lowest BCUT2D eigenvalue weighted by atomic mass is 10.2. The lowest BCUT2D eigenvalue weighted by Crippen LogP contribution is -2.43. The van der Waals surface area contributed by atoms with Crippen LogP contribution in [0.2, 0.25) is 0 Å². The first-order valence-corrected chi connectivity index (χ1v) is 7.38. The molecule has 0 fully saturated rings. The van der Waals surface area contributed by atoms with Gasteiger partial charge in [-0.25, -0.2) is 13.7 Å². The Morgan fingerprint density at radius 1 is 1.30 bits per heavy atom. The number of amides is 1. The van der Waals surface area contributed by atoms with Gasteiger partial charge in [0, 0.05) is 0 Å². The summed E-state index contributed by atoms with van der Waals surface area (Å²) in [6, 6.07) is 8.59. The van der Waals surface area contributed by atoms with Gasteiger partial charge in [-0.2, -0.15) is 0 Å². The van der Waals surface area contributed by atoms with Crippen molar-refractivity contribution in [2.75, 3.05) is 13.7 Å². The number of carbonyl (C=O) groups is 2. The van der Waals surface area contributed by atoms with Crippen LogP contribution < -0.4 is 10.0 Å². The third kappa shape index (κ3) is 5.94. The predicted molar refractivity (Wildman–Crippen MR) is 75.9 cm³/mol. The van der Waals surface area contributed by atoms with Crippen molar-refractivity contribution in [3.63, 3.8) is 0 Å². The summed E-state index contributed by atoms with van der Waals surface area (Å²) >= 11 is 0. The maximum atomic E-state index is 11.7. The van der Waals surface area contributed by atoms with E-state index in [9.17, 15) is 13.8 Å². The van der Waals surface area contributed by atoms with Gasteiger partial charge in [-0.3, -0.25) is 4.79 Å². The first kappa shape index (κ1) is 16.3. The van der Waals surface area contributed by atoms with E-state index < -0.39 is 28.9 Å². The van der Waals surface area contributed by atoms with Gasteiger partial charge in [0.15, 0.2) is 0 Å². The molecule has 2 N–H and O–H groups in total. The van der Waals surface area contributed by atoms with Crippen LogP contribution in [-0.2, 0) is 31.1 Å². The van der Waals surface area contributed by atoms with Crippen molar-refractivity contribution in [2.45, 2.75) is 18.7 Å². The minimum absolute atomic E-state index is 0.124. The SMILES string of the molecule is COC(=O)[C@H](C)NC(=O)CNS(=O)Cc1ccccc1. The molecule has 7 heteroatoms. The fourth-order valence-electron chi connectivity index (χ4n) is 1.45. The van der Waals surface area contributed by atoms with Crippen LogP contribution in [0.25, 0.3) is 0 Å². The van der Waals surface area contributed by atoms with Gasteiger partial charge in [0.25, 0.3) is 0 Å². The van der Waals surface area contributed by atoms with E-state index in [1.807, 2.05) is 30.3 Å². The summed E-state index contributed by atoms with van der Waals surface area (Å²) in [4.78, 5) is 22.6. The van der Waals surface area contributed by atoms with Crippen LogP contribution >= 0.6 is 0 Å². The Labute approximate surface area is 120 Å². The average Bonchev–Trinajstić information content (AvgIpc) is 2.45. The van der Waals surface area contributed by atoms with Gasteiger partial charge in [0.2, 0.25) is 5.91 Å². The fourth-order valence-corrected chi connectivity index (χ4v) is 2.34. The van der Waals surface area contributed by atoms with Crippen molar-refractivity contribution in [1.29, 1.82) is 0 Å². The molecule has 0 heterocycles. The summed E-state index contributed by atoms with van der Waals surface area (Å²) < 4.78 is 18.8. The molecule has 1 amide bonds. The Morgan fingerprint density at radius 2 is 1.95 bits per heavy atom. The zero-order valence-electron chi connectivity index (χ0n) is 11.4. The molecule has 0 radical (unpaired) electrons. The molecule has 1 aromatic rings. The van der Waals surface area contributed by atoms with Crippen molar-refractivity contribution in [3.8, 4) is 0 Å². The molecule has 1 aromatic carbocycles. The molecule has 6 nitrogen and oxygen atoms in total. The lowest BCUT2D eigenvalue weighted by Gasteiger charge is -2.11. The maximum absolute atomic E-state index is 11.7. The quantitative estimate of drug-likeness (QED) is 0.700. The molecule has 2 atom stereocenters. The summed E-state index contributed by atoms with van der Waals surface area (Å²) in [5, 5.41) is 2.44. The molecule has 0 aromatic heterocycles. The Bertz CT molecular complexity index is 479. The van der Waals surface area contributed by atoms with E-state index in [0.29, 0.717) is 5.75 Å². The number of hydrogen-bond acceptors (Lipinski definition) is 4. The maximum Gasteiger partial charge on any atom is 0.328 e. The van der Waals surface area contributed by atoms with E-state index in [2.05, 4.69) is 14.8 Å². The van der Waals surface area contributed by atoms with E-state index in [1.54, 1.807) is 0 Å². The van der Waals surface area contributed by atoms with E-state index in [-0.39, 0.29) is 6.54 Å². The zero-order valence-corrected chi connectivity index (χ0v) is 12.2. The Kier molecular flexibility index (Phi) is 6.89. The predicted octanol–water partition coefficient (Wildman–Crippen LogP) is 0.118. The standard InChI is InChI=1S/C13H18N2O4S/c1-10(13(17)19-2)15-12(16)8-14-20(18)9-11-6-4-3-5-7-11/h3-7,10,14H,8-9H2,1-2H3,(H,15,16)/t10-,20?/m0/s1. The van der Waals surface area contributed by atoms with Gasteiger partial charge in [-0.15, -0.1) is 0 Å². The van der Waals surface area contributed by atoms with Crippen molar-refractivity contribution in [3.05, 3.63) is 35.9 Å². The van der Waals surface area contributed by atoms with Crippen LogP contribution in [0.1, 0.15) is 12.5 Å². The molecule has 0 bridgehead atoms. The molecule has 0 aliphatic heterocycles. The minimum Gasteiger partial charge on any atom is -0.467 e. The number of hydrogen-bond donors (Lipinski definition) is 2.